The van der Waals surface area contributed by atoms with Gasteiger partial charge >= 0.3 is 0 Å². The molecule has 0 fully saturated rings. The largest absolute Gasteiger partial charge is 0.370 e. The van der Waals surface area contributed by atoms with Crippen molar-refractivity contribution in [1.29, 1.82) is 0 Å². The number of nitrogens with zero attached hydrogens (tertiary/aromatic N) is 4. The molecule has 0 atom stereocenters. The molecule has 0 bridgehead atoms. The van der Waals surface area contributed by atoms with Crippen molar-refractivity contribution in [1.82, 2.24) is 14.9 Å². The van der Waals surface area contributed by atoms with Gasteiger partial charge < -0.3 is 10.6 Å². The highest BCUT2D eigenvalue weighted by molar-refractivity contribution is 14.0. The van der Waals surface area contributed by atoms with E-state index < -0.39 is 0 Å². The molecule has 1 heterocycles. The van der Waals surface area contributed by atoms with Crippen LogP contribution in [-0.2, 0) is 6.54 Å². The van der Waals surface area contributed by atoms with Crippen molar-refractivity contribution in [3.05, 3.63) is 23.3 Å². The maximum Gasteiger partial charge on any atom is 0.191 e. The zero-order chi connectivity index (χ0) is 11.4. The molecular formula is C10H18IN5. The van der Waals surface area contributed by atoms with Crippen molar-refractivity contribution in [3.63, 3.8) is 0 Å². The Morgan fingerprint density at radius 3 is 2.50 bits per heavy atom. The van der Waals surface area contributed by atoms with E-state index in [1.54, 1.807) is 4.90 Å². The van der Waals surface area contributed by atoms with Crippen molar-refractivity contribution in [2.45, 2.75) is 20.4 Å². The Morgan fingerprint density at radius 2 is 2.00 bits per heavy atom. The van der Waals surface area contributed by atoms with E-state index in [1.807, 2.05) is 34.0 Å². The predicted molar refractivity (Wildman–Crippen MR) is 75.9 cm³/mol. The lowest BCUT2D eigenvalue weighted by atomic mass is 10.3. The Morgan fingerprint density at radius 1 is 1.38 bits per heavy atom. The first kappa shape index (κ1) is 15.1. The third-order valence-corrected chi connectivity index (χ3v) is 1.88. The highest BCUT2D eigenvalue weighted by Gasteiger charge is 1.99. The molecule has 1 aromatic heterocycles. The molecule has 6 heteroatoms. The van der Waals surface area contributed by atoms with Crippen LogP contribution in [0.25, 0.3) is 0 Å². The molecule has 16 heavy (non-hydrogen) atoms. The summed E-state index contributed by atoms with van der Waals surface area (Å²) >= 11 is 0. The molecule has 1 rings (SSSR count). The van der Waals surface area contributed by atoms with Gasteiger partial charge in [-0.15, -0.1) is 24.0 Å². The van der Waals surface area contributed by atoms with Crippen LogP contribution in [0.5, 0.6) is 0 Å². The molecule has 5 nitrogen and oxygen atoms in total. The molecule has 2 N–H and O–H groups in total. The maximum absolute atomic E-state index is 5.67. The molecule has 0 aliphatic rings. The van der Waals surface area contributed by atoms with Crippen LogP contribution in [0, 0.1) is 13.8 Å². The van der Waals surface area contributed by atoms with Gasteiger partial charge in [0.25, 0.3) is 0 Å². The molecule has 0 saturated heterocycles. The van der Waals surface area contributed by atoms with Gasteiger partial charge in [0.1, 0.15) is 5.82 Å². The Hall–Kier alpha value is -0.920. The lowest BCUT2D eigenvalue weighted by Crippen LogP contribution is -2.30. The van der Waals surface area contributed by atoms with Crippen LogP contribution in [0.1, 0.15) is 17.2 Å². The number of nitrogens with two attached hydrogens (primary N) is 1. The van der Waals surface area contributed by atoms with E-state index in [4.69, 9.17) is 5.73 Å². The topological polar surface area (TPSA) is 67.4 Å². The average Bonchev–Trinajstić information content (AvgIpc) is 2.12. The minimum Gasteiger partial charge on any atom is -0.370 e. The van der Waals surface area contributed by atoms with Gasteiger partial charge in [-0.3, -0.25) is 0 Å². The molecule has 0 amide bonds. The molecule has 0 radical (unpaired) electrons. The second kappa shape index (κ2) is 6.62. The Kier molecular flexibility index (Phi) is 6.24. The lowest BCUT2D eigenvalue weighted by Gasteiger charge is -2.10. The smallest absolute Gasteiger partial charge is 0.191 e. The minimum absolute atomic E-state index is 0. The zero-order valence-electron chi connectivity index (χ0n) is 10.1. The molecule has 0 aromatic carbocycles. The fourth-order valence-electron chi connectivity index (χ4n) is 1.18. The number of hydrogen-bond acceptors (Lipinski definition) is 3. The molecule has 1 aromatic rings. The van der Waals surface area contributed by atoms with Gasteiger partial charge in [-0.05, 0) is 19.9 Å². The molecule has 0 spiro atoms. The average molecular weight is 335 g/mol. The van der Waals surface area contributed by atoms with Gasteiger partial charge in [-0.25, -0.2) is 15.0 Å². The van der Waals surface area contributed by atoms with Crippen molar-refractivity contribution in [2.75, 3.05) is 14.1 Å². The second-order valence-electron chi connectivity index (χ2n) is 3.62. The number of rotatable bonds is 2. The zero-order valence-corrected chi connectivity index (χ0v) is 12.4. The van der Waals surface area contributed by atoms with E-state index in [1.165, 1.54) is 0 Å². The van der Waals surface area contributed by atoms with Gasteiger partial charge in [0.2, 0.25) is 0 Å². The summed E-state index contributed by atoms with van der Waals surface area (Å²) in [5, 5.41) is 0. The first-order valence-corrected chi connectivity index (χ1v) is 4.77. The number of guanidine groups is 1. The van der Waals surface area contributed by atoms with Gasteiger partial charge in [0.05, 0.1) is 12.2 Å². The summed E-state index contributed by atoms with van der Waals surface area (Å²) in [6.07, 6.45) is 0. The van der Waals surface area contributed by atoms with Crippen LogP contribution in [0.2, 0.25) is 0 Å². The summed E-state index contributed by atoms with van der Waals surface area (Å²) < 4.78 is 0. The summed E-state index contributed by atoms with van der Waals surface area (Å²) in [5.41, 5.74) is 7.52. The monoisotopic (exact) mass is 335 g/mol. The number of aliphatic imine (C=N–C) groups is 1. The first-order chi connectivity index (χ1) is 6.99. The summed E-state index contributed by atoms with van der Waals surface area (Å²) in [7, 11) is 3.71. The van der Waals surface area contributed by atoms with Gasteiger partial charge in [0, 0.05) is 19.8 Å². The first-order valence-electron chi connectivity index (χ1n) is 4.77. The van der Waals surface area contributed by atoms with Crippen molar-refractivity contribution in [2.24, 2.45) is 10.7 Å². The fourth-order valence-corrected chi connectivity index (χ4v) is 1.18. The number of hydrogen-bond donors (Lipinski definition) is 1. The quantitative estimate of drug-likeness (QED) is 0.499. The Balaban J connectivity index is 0.00000225. The van der Waals surface area contributed by atoms with Crippen LogP contribution >= 0.6 is 24.0 Å². The summed E-state index contributed by atoms with van der Waals surface area (Å²) in [5.74, 6) is 1.27. The van der Waals surface area contributed by atoms with E-state index in [0.29, 0.717) is 12.5 Å². The van der Waals surface area contributed by atoms with E-state index in [0.717, 1.165) is 17.2 Å². The van der Waals surface area contributed by atoms with Crippen molar-refractivity contribution in [3.8, 4) is 0 Å². The van der Waals surface area contributed by atoms with Crippen LogP contribution in [0.15, 0.2) is 11.1 Å². The van der Waals surface area contributed by atoms with E-state index >= 15 is 0 Å². The fraction of sp³-hybridized carbons (Fsp3) is 0.500. The Bertz CT molecular complexity index is 355. The van der Waals surface area contributed by atoms with E-state index in [2.05, 4.69) is 15.0 Å². The molecule has 0 unspecified atom stereocenters. The van der Waals surface area contributed by atoms with Crippen LogP contribution in [0.4, 0.5) is 0 Å². The van der Waals surface area contributed by atoms with Gasteiger partial charge in [0.15, 0.2) is 5.96 Å². The van der Waals surface area contributed by atoms with Crippen LogP contribution in [0.3, 0.4) is 0 Å². The number of aryl methyl sites for hydroxylation is 2. The molecule has 90 valence electrons. The van der Waals surface area contributed by atoms with Crippen LogP contribution < -0.4 is 5.73 Å². The third-order valence-electron chi connectivity index (χ3n) is 1.88. The predicted octanol–water partition coefficient (Wildman–Crippen LogP) is 1.09. The molecule has 0 aliphatic carbocycles. The molecule has 0 aliphatic heterocycles. The second-order valence-corrected chi connectivity index (χ2v) is 3.62. The van der Waals surface area contributed by atoms with Crippen LogP contribution in [-0.4, -0.2) is 34.9 Å². The normalized spacial score (nSPS) is 10.9. The molecule has 0 saturated carbocycles. The van der Waals surface area contributed by atoms with Gasteiger partial charge in [-0.1, -0.05) is 0 Å². The highest BCUT2D eigenvalue weighted by Crippen LogP contribution is 2.01. The highest BCUT2D eigenvalue weighted by atomic mass is 127. The van der Waals surface area contributed by atoms with Gasteiger partial charge in [-0.2, -0.15) is 0 Å². The van der Waals surface area contributed by atoms with E-state index in [-0.39, 0.29) is 24.0 Å². The summed E-state index contributed by atoms with van der Waals surface area (Å²) in [6.45, 7) is 4.31. The number of aromatic nitrogens is 2. The Labute approximate surface area is 113 Å². The molecular weight excluding hydrogens is 317 g/mol. The SMILES string of the molecule is Cc1cc(CN=C(N)N(C)C)nc(C)n1.I. The minimum atomic E-state index is 0. The standard InChI is InChI=1S/C10H17N5.HI/c1-7-5-9(14-8(2)13-7)6-12-10(11)15(3)4;/h5H,6H2,1-4H3,(H2,11,12);1H. The van der Waals surface area contributed by atoms with Crippen molar-refractivity contribution < 1.29 is 0 Å². The summed E-state index contributed by atoms with van der Waals surface area (Å²) in [6, 6.07) is 1.92. The summed E-state index contributed by atoms with van der Waals surface area (Å²) in [4.78, 5) is 14.4. The van der Waals surface area contributed by atoms with E-state index in [9.17, 15) is 0 Å². The lowest BCUT2D eigenvalue weighted by molar-refractivity contribution is 0.608. The maximum atomic E-state index is 5.67. The third kappa shape index (κ3) is 4.73. The number of halogens is 1. The van der Waals surface area contributed by atoms with Crippen molar-refractivity contribution >= 4 is 29.9 Å².